The lowest BCUT2D eigenvalue weighted by Crippen LogP contribution is -2.40. The summed E-state index contributed by atoms with van der Waals surface area (Å²) < 4.78 is 31.8. The molecule has 0 unspecified atom stereocenters. The van der Waals surface area contributed by atoms with Gasteiger partial charge in [0.1, 0.15) is 5.75 Å². The molecule has 1 aliphatic rings. The van der Waals surface area contributed by atoms with E-state index < -0.39 is 10.0 Å². The molecule has 1 heterocycles. The second-order valence-corrected chi connectivity index (χ2v) is 8.22. The van der Waals surface area contributed by atoms with Gasteiger partial charge in [-0.25, -0.2) is 12.7 Å². The van der Waals surface area contributed by atoms with Crippen molar-refractivity contribution in [2.45, 2.75) is 39.5 Å². The van der Waals surface area contributed by atoms with Crippen LogP contribution in [0.5, 0.6) is 5.75 Å². The summed E-state index contributed by atoms with van der Waals surface area (Å²) in [5.41, 5.74) is 1.22. The van der Waals surface area contributed by atoms with Gasteiger partial charge in [0.2, 0.25) is 10.0 Å². The number of ether oxygens (including phenoxy) is 1. The smallest absolute Gasteiger partial charge is 0.214 e. The van der Waals surface area contributed by atoms with Gasteiger partial charge in [-0.2, -0.15) is 0 Å². The molecule has 0 saturated carbocycles. The molecular formula is C17H27NO3S. The van der Waals surface area contributed by atoms with Gasteiger partial charge >= 0.3 is 0 Å². The minimum Gasteiger partial charge on any atom is -0.493 e. The minimum atomic E-state index is -3.05. The van der Waals surface area contributed by atoms with E-state index in [0.29, 0.717) is 25.6 Å². The van der Waals surface area contributed by atoms with Crippen LogP contribution >= 0.6 is 0 Å². The van der Waals surface area contributed by atoms with Gasteiger partial charge in [-0.15, -0.1) is 0 Å². The normalized spacial score (nSPS) is 17.5. The third kappa shape index (κ3) is 4.99. The van der Waals surface area contributed by atoms with Crippen molar-refractivity contribution >= 4 is 10.0 Å². The quantitative estimate of drug-likeness (QED) is 0.773. The van der Waals surface area contributed by atoms with Crippen molar-refractivity contribution in [3.63, 3.8) is 0 Å². The average molecular weight is 325 g/mol. The summed E-state index contributed by atoms with van der Waals surface area (Å²) in [6, 6.07) is 8.05. The predicted octanol–water partition coefficient (Wildman–Crippen LogP) is 3.22. The highest BCUT2D eigenvalue weighted by atomic mass is 32.2. The monoisotopic (exact) mass is 325 g/mol. The minimum absolute atomic E-state index is 0.286. The fourth-order valence-electron chi connectivity index (χ4n) is 2.66. The van der Waals surface area contributed by atoms with Gasteiger partial charge in [-0.05, 0) is 44.2 Å². The van der Waals surface area contributed by atoms with Crippen molar-refractivity contribution in [2.75, 3.05) is 25.4 Å². The number of hydrogen-bond acceptors (Lipinski definition) is 3. The maximum Gasteiger partial charge on any atom is 0.214 e. The van der Waals surface area contributed by atoms with Crippen LogP contribution in [0.15, 0.2) is 24.3 Å². The molecule has 0 atom stereocenters. The number of benzene rings is 1. The third-order valence-electron chi connectivity index (χ3n) is 4.23. The van der Waals surface area contributed by atoms with Crippen LogP contribution in [0.3, 0.4) is 0 Å². The van der Waals surface area contributed by atoms with Crippen molar-refractivity contribution < 1.29 is 13.2 Å². The Labute approximate surface area is 134 Å². The van der Waals surface area contributed by atoms with E-state index in [-0.39, 0.29) is 5.75 Å². The van der Waals surface area contributed by atoms with Crippen LogP contribution in [0, 0.1) is 12.8 Å². The second-order valence-electron chi connectivity index (χ2n) is 6.14. The van der Waals surface area contributed by atoms with E-state index in [1.54, 1.807) is 4.31 Å². The average Bonchev–Trinajstić information content (AvgIpc) is 2.53. The van der Waals surface area contributed by atoms with Crippen molar-refractivity contribution in [1.82, 2.24) is 4.31 Å². The SMILES string of the molecule is CCCCS(=O)(=O)N1CCC(COc2ccc(C)cc2)CC1. The lowest BCUT2D eigenvalue weighted by atomic mass is 9.99. The zero-order valence-electron chi connectivity index (χ0n) is 13.6. The van der Waals surface area contributed by atoms with Gasteiger partial charge < -0.3 is 4.74 Å². The van der Waals surface area contributed by atoms with Crippen LogP contribution in [0.2, 0.25) is 0 Å². The van der Waals surface area contributed by atoms with Gasteiger partial charge in [0.25, 0.3) is 0 Å². The molecular weight excluding hydrogens is 298 g/mol. The van der Waals surface area contributed by atoms with E-state index in [4.69, 9.17) is 4.74 Å². The van der Waals surface area contributed by atoms with E-state index in [0.717, 1.165) is 31.4 Å². The lowest BCUT2D eigenvalue weighted by Gasteiger charge is -2.31. The summed E-state index contributed by atoms with van der Waals surface area (Å²) in [5, 5.41) is 0. The molecule has 1 saturated heterocycles. The molecule has 0 spiro atoms. The van der Waals surface area contributed by atoms with E-state index in [9.17, 15) is 8.42 Å². The van der Waals surface area contributed by atoms with E-state index >= 15 is 0 Å². The summed E-state index contributed by atoms with van der Waals surface area (Å²) in [4.78, 5) is 0. The molecule has 4 nitrogen and oxygen atoms in total. The Morgan fingerprint density at radius 3 is 2.41 bits per heavy atom. The zero-order chi connectivity index (χ0) is 16.0. The Balaban J connectivity index is 1.76. The van der Waals surface area contributed by atoms with Crippen molar-refractivity contribution in [2.24, 2.45) is 5.92 Å². The molecule has 0 aromatic heterocycles. The molecule has 1 aromatic rings. The highest BCUT2D eigenvalue weighted by Crippen LogP contribution is 2.22. The fraction of sp³-hybridized carbons (Fsp3) is 0.647. The Hall–Kier alpha value is -1.07. The third-order valence-corrected chi connectivity index (χ3v) is 6.19. The number of unbranched alkanes of at least 4 members (excludes halogenated alkanes) is 1. The number of piperidine rings is 1. The predicted molar refractivity (Wildman–Crippen MR) is 89.7 cm³/mol. The van der Waals surface area contributed by atoms with E-state index in [2.05, 4.69) is 6.92 Å². The number of nitrogens with zero attached hydrogens (tertiary/aromatic N) is 1. The molecule has 1 aliphatic heterocycles. The van der Waals surface area contributed by atoms with Crippen LogP contribution in [0.25, 0.3) is 0 Å². The first-order chi connectivity index (χ1) is 10.5. The first-order valence-corrected chi connectivity index (χ1v) is 9.79. The van der Waals surface area contributed by atoms with Gasteiger partial charge in [-0.3, -0.25) is 0 Å². The second kappa shape index (κ2) is 7.97. The first-order valence-electron chi connectivity index (χ1n) is 8.18. The lowest BCUT2D eigenvalue weighted by molar-refractivity contribution is 0.185. The van der Waals surface area contributed by atoms with Crippen LogP contribution in [-0.4, -0.2) is 38.2 Å². The molecule has 2 rings (SSSR count). The van der Waals surface area contributed by atoms with Crippen LogP contribution in [0.1, 0.15) is 38.2 Å². The molecule has 0 amide bonds. The first kappa shape index (κ1) is 17.3. The molecule has 22 heavy (non-hydrogen) atoms. The molecule has 1 fully saturated rings. The van der Waals surface area contributed by atoms with Crippen LogP contribution in [0.4, 0.5) is 0 Å². The molecule has 0 N–H and O–H groups in total. The Bertz CT molecular complexity index is 546. The maximum absolute atomic E-state index is 12.2. The van der Waals surface area contributed by atoms with E-state index in [1.807, 2.05) is 31.2 Å². The molecule has 5 heteroatoms. The van der Waals surface area contributed by atoms with E-state index in [1.165, 1.54) is 5.56 Å². The van der Waals surface area contributed by atoms with Crippen molar-refractivity contribution in [1.29, 1.82) is 0 Å². The molecule has 1 aromatic carbocycles. The Kier molecular flexibility index (Phi) is 6.26. The van der Waals surface area contributed by atoms with Gasteiger partial charge in [0.05, 0.1) is 12.4 Å². The van der Waals surface area contributed by atoms with Crippen LogP contribution < -0.4 is 4.74 Å². The maximum atomic E-state index is 12.2. The van der Waals surface area contributed by atoms with Crippen molar-refractivity contribution in [3.05, 3.63) is 29.8 Å². The molecule has 0 radical (unpaired) electrons. The largest absolute Gasteiger partial charge is 0.493 e. The fourth-order valence-corrected chi connectivity index (χ4v) is 4.34. The summed E-state index contributed by atoms with van der Waals surface area (Å²) in [7, 11) is -3.05. The highest BCUT2D eigenvalue weighted by Gasteiger charge is 2.27. The Morgan fingerprint density at radius 2 is 1.82 bits per heavy atom. The van der Waals surface area contributed by atoms with Crippen LogP contribution in [-0.2, 0) is 10.0 Å². The summed E-state index contributed by atoms with van der Waals surface area (Å²) >= 11 is 0. The van der Waals surface area contributed by atoms with Gasteiger partial charge in [-0.1, -0.05) is 31.0 Å². The number of aryl methyl sites for hydroxylation is 1. The summed E-state index contributed by atoms with van der Waals surface area (Å²) in [6.07, 6.45) is 3.44. The zero-order valence-corrected chi connectivity index (χ0v) is 14.4. The Morgan fingerprint density at radius 1 is 1.18 bits per heavy atom. The molecule has 124 valence electrons. The van der Waals surface area contributed by atoms with Crippen molar-refractivity contribution in [3.8, 4) is 5.75 Å². The number of sulfonamides is 1. The highest BCUT2D eigenvalue weighted by molar-refractivity contribution is 7.89. The van der Waals surface area contributed by atoms with Gasteiger partial charge in [0.15, 0.2) is 0 Å². The topological polar surface area (TPSA) is 46.6 Å². The molecule has 0 aliphatic carbocycles. The molecule has 0 bridgehead atoms. The van der Waals surface area contributed by atoms with Gasteiger partial charge in [0, 0.05) is 13.1 Å². The summed E-state index contributed by atoms with van der Waals surface area (Å²) in [6.45, 7) is 6.01. The summed E-state index contributed by atoms with van der Waals surface area (Å²) in [5.74, 6) is 1.62. The number of rotatable bonds is 7. The number of hydrogen-bond donors (Lipinski definition) is 0. The standard InChI is InChI=1S/C17H27NO3S/c1-3-4-13-22(19,20)18-11-9-16(10-12-18)14-21-17-7-5-15(2)6-8-17/h5-8,16H,3-4,9-14H2,1-2H3.